The average Bonchev–Trinajstić information content (AvgIpc) is 2.45. The highest BCUT2D eigenvalue weighted by Gasteiger charge is 2.28. The van der Waals surface area contributed by atoms with Crippen LogP contribution in [-0.2, 0) is 4.74 Å². The number of nitrogens with two attached hydrogens (primary N) is 1. The summed E-state index contributed by atoms with van der Waals surface area (Å²) in [4.78, 5) is 2.50. The van der Waals surface area contributed by atoms with Gasteiger partial charge in [-0.15, -0.1) is 0 Å². The van der Waals surface area contributed by atoms with Crippen LogP contribution in [0.2, 0.25) is 0 Å². The fraction of sp³-hybridized carbons (Fsp3) is 1.00. The van der Waals surface area contributed by atoms with E-state index in [2.05, 4.69) is 11.8 Å². The molecular weight excluding hydrogens is 164 g/mol. The molecule has 1 aliphatic rings. The van der Waals surface area contributed by atoms with E-state index in [9.17, 15) is 0 Å². The number of likely N-dealkylation sites (tertiary alicyclic amines) is 1. The Kier molecular flexibility index (Phi) is 4.70. The van der Waals surface area contributed by atoms with Crippen LogP contribution >= 0.6 is 0 Å². The molecule has 1 saturated heterocycles. The maximum absolute atomic E-state index is 5.48. The lowest BCUT2D eigenvalue weighted by Crippen LogP contribution is -2.24. The first-order valence-corrected chi connectivity index (χ1v) is 5.19. The van der Waals surface area contributed by atoms with Crippen LogP contribution in [0.1, 0.15) is 13.3 Å². The molecule has 13 heavy (non-hydrogen) atoms. The molecule has 1 fully saturated rings. The van der Waals surface area contributed by atoms with Crippen molar-refractivity contribution in [3.05, 3.63) is 0 Å². The van der Waals surface area contributed by atoms with Crippen LogP contribution in [0, 0.1) is 11.8 Å². The predicted molar refractivity (Wildman–Crippen MR) is 54.6 cm³/mol. The highest BCUT2D eigenvalue weighted by atomic mass is 16.5. The van der Waals surface area contributed by atoms with Crippen LogP contribution in [0.5, 0.6) is 0 Å². The summed E-state index contributed by atoms with van der Waals surface area (Å²) in [6.07, 6.45) is 1.12. The van der Waals surface area contributed by atoms with Crippen molar-refractivity contribution in [2.45, 2.75) is 13.3 Å². The molecule has 2 atom stereocenters. The fourth-order valence-corrected chi connectivity index (χ4v) is 2.07. The zero-order chi connectivity index (χ0) is 9.68. The third-order valence-corrected chi connectivity index (χ3v) is 2.90. The van der Waals surface area contributed by atoms with Crippen molar-refractivity contribution < 1.29 is 4.74 Å². The molecule has 78 valence electrons. The Morgan fingerprint density at radius 3 is 2.85 bits per heavy atom. The smallest absolute Gasteiger partial charge is 0.0505 e. The first-order valence-electron chi connectivity index (χ1n) is 5.19. The monoisotopic (exact) mass is 186 g/mol. The second-order valence-corrected chi connectivity index (χ2v) is 4.09. The quantitative estimate of drug-likeness (QED) is 0.681. The van der Waals surface area contributed by atoms with Gasteiger partial charge in [0.05, 0.1) is 6.61 Å². The minimum atomic E-state index is 0.725. The maximum Gasteiger partial charge on any atom is 0.0505 e. The number of ether oxygens (including phenoxy) is 1. The number of hydrogen-bond acceptors (Lipinski definition) is 3. The Balaban J connectivity index is 2.23. The van der Waals surface area contributed by atoms with E-state index in [1.165, 1.54) is 13.1 Å². The molecule has 0 bridgehead atoms. The molecule has 1 rings (SSSR count). The normalized spacial score (nSPS) is 29.8. The van der Waals surface area contributed by atoms with Crippen molar-refractivity contribution in [3.8, 4) is 0 Å². The Morgan fingerprint density at radius 2 is 2.23 bits per heavy atom. The number of nitrogens with zero attached hydrogens (tertiary/aromatic N) is 1. The summed E-state index contributed by atoms with van der Waals surface area (Å²) in [5.74, 6) is 1.50. The number of hydrogen-bond donors (Lipinski definition) is 1. The van der Waals surface area contributed by atoms with Gasteiger partial charge in [0.2, 0.25) is 0 Å². The molecule has 3 heteroatoms. The van der Waals surface area contributed by atoms with E-state index in [-0.39, 0.29) is 0 Å². The summed E-state index contributed by atoms with van der Waals surface area (Å²) < 4.78 is 5.20. The van der Waals surface area contributed by atoms with Gasteiger partial charge >= 0.3 is 0 Å². The largest absolute Gasteiger partial charge is 0.384 e. The molecular formula is C10H22N2O. The summed E-state index contributed by atoms with van der Waals surface area (Å²) in [7, 11) is 1.79. The van der Waals surface area contributed by atoms with Crippen LogP contribution < -0.4 is 5.73 Å². The molecule has 0 radical (unpaired) electrons. The van der Waals surface area contributed by atoms with E-state index in [1.54, 1.807) is 7.11 Å². The van der Waals surface area contributed by atoms with E-state index in [0.717, 1.165) is 38.0 Å². The van der Waals surface area contributed by atoms with Gasteiger partial charge in [0, 0.05) is 20.2 Å². The van der Waals surface area contributed by atoms with Gasteiger partial charge in [-0.25, -0.2) is 0 Å². The first-order chi connectivity index (χ1) is 6.27. The van der Waals surface area contributed by atoms with E-state index < -0.39 is 0 Å². The van der Waals surface area contributed by atoms with Crippen molar-refractivity contribution >= 4 is 0 Å². The number of rotatable bonds is 5. The van der Waals surface area contributed by atoms with Gasteiger partial charge in [0.15, 0.2) is 0 Å². The van der Waals surface area contributed by atoms with Gasteiger partial charge in [-0.05, 0) is 31.3 Å². The Labute approximate surface area is 81.2 Å². The van der Waals surface area contributed by atoms with Crippen LogP contribution in [0.3, 0.4) is 0 Å². The minimum Gasteiger partial charge on any atom is -0.384 e. The van der Waals surface area contributed by atoms with Gasteiger partial charge in [0.25, 0.3) is 0 Å². The first kappa shape index (κ1) is 11.0. The molecule has 2 N–H and O–H groups in total. The van der Waals surface area contributed by atoms with Gasteiger partial charge in [0.1, 0.15) is 0 Å². The van der Waals surface area contributed by atoms with E-state index in [1.807, 2.05) is 0 Å². The molecule has 0 aliphatic carbocycles. The second-order valence-electron chi connectivity index (χ2n) is 4.09. The summed E-state index contributed by atoms with van der Waals surface area (Å²) in [5.41, 5.74) is 5.48. The predicted octanol–water partition coefficient (Wildman–Crippen LogP) is 0.550. The van der Waals surface area contributed by atoms with Crippen LogP contribution in [-0.4, -0.2) is 44.8 Å². The summed E-state index contributed by atoms with van der Waals surface area (Å²) >= 11 is 0. The zero-order valence-corrected chi connectivity index (χ0v) is 8.83. The molecule has 0 aromatic carbocycles. The van der Waals surface area contributed by atoms with Gasteiger partial charge in [-0.2, -0.15) is 0 Å². The lowest BCUT2D eigenvalue weighted by atomic mass is 10.00. The molecule has 1 heterocycles. The summed E-state index contributed by atoms with van der Waals surface area (Å²) in [6.45, 7) is 7.58. The number of methoxy groups -OCH3 is 1. The standard InChI is InChI=1S/C10H22N2O/c1-9-6-12(5-3-4-11)7-10(9)8-13-2/h9-10H,3-8,11H2,1-2H3/t9-,10-/m0/s1. The zero-order valence-electron chi connectivity index (χ0n) is 8.83. The molecule has 0 amide bonds. The van der Waals surface area contributed by atoms with E-state index in [4.69, 9.17) is 10.5 Å². The minimum absolute atomic E-state index is 0.725. The summed E-state index contributed by atoms with van der Waals surface area (Å²) in [6, 6.07) is 0. The lowest BCUT2D eigenvalue weighted by Gasteiger charge is -2.14. The molecule has 0 saturated carbocycles. The topological polar surface area (TPSA) is 38.5 Å². The third-order valence-electron chi connectivity index (χ3n) is 2.90. The lowest BCUT2D eigenvalue weighted by molar-refractivity contribution is 0.140. The highest BCUT2D eigenvalue weighted by molar-refractivity contribution is 4.80. The van der Waals surface area contributed by atoms with Crippen molar-refractivity contribution in [2.24, 2.45) is 17.6 Å². The van der Waals surface area contributed by atoms with E-state index in [0.29, 0.717) is 0 Å². The molecule has 0 aromatic heterocycles. The maximum atomic E-state index is 5.48. The van der Waals surface area contributed by atoms with Gasteiger partial charge < -0.3 is 15.4 Å². The van der Waals surface area contributed by atoms with Crippen molar-refractivity contribution in [3.63, 3.8) is 0 Å². The molecule has 3 nitrogen and oxygen atoms in total. The Morgan fingerprint density at radius 1 is 1.46 bits per heavy atom. The van der Waals surface area contributed by atoms with Crippen LogP contribution in [0.4, 0.5) is 0 Å². The van der Waals surface area contributed by atoms with Crippen molar-refractivity contribution in [1.29, 1.82) is 0 Å². The Bertz CT molecular complexity index is 141. The molecule has 1 aliphatic heterocycles. The molecule has 0 unspecified atom stereocenters. The molecule has 0 spiro atoms. The van der Waals surface area contributed by atoms with Crippen LogP contribution in [0.15, 0.2) is 0 Å². The second kappa shape index (κ2) is 5.58. The van der Waals surface area contributed by atoms with Gasteiger partial charge in [-0.3, -0.25) is 0 Å². The Hall–Kier alpha value is -0.120. The van der Waals surface area contributed by atoms with Gasteiger partial charge in [-0.1, -0.05) is 6.92 Å². The van der Waals surface area contributed by atoms with Crippen molar-refractivity contribution in [2.75, 3.05) is 39.9 Å². The SMILES string of the molecule is COC[C@@H]1CN(CCCN)C[C@@H]1C. The molecule has 0 aromatic rings. The van der Waals surface area contributed by atoms with Crippen molar-refractivity contribution in [1.82, 2.24) is 4.90 Å². The highest BCUT2D eigenvalue weighted by Crippen LogP contribution is 2.22. The fourth-order valence-electron chi connectivity index (χ4n) is 2.07. The van der Waals surface area contributed by atoms with Crippen LogP contribution in [0.25, 0.3) is 0 Å². The third kappa shape index (κ3) is 3.25. The average molecular weight is 186 g/mol. The summed E-state index contributed by atoms with van der Waals surface area (Å²) in [5, 5.41) is 0. The van der Waals surface area contributed by atoms with E-state index >= 15 is 0 Å².